The van der Waals surface area contributed by atoms with Gasteiger partial charge in [0.1, 0.15) is 11.6 Å². The van der Waals surface area contributed by atoms with Crippen LogP contribution in [-0.2, 0) is 0 Å². The second kappa shape index (κ2) is 7.37. The molecule has 6 nitrogen and oxygen atoms in total. The molecule has 3 aromatic rings. The van der Waals surface area contributed by atoms with Gasteiger partial charge in [0, 0.05) is 26.0 Å². The minimum absolute atomic E-state index is 0.104. The zero-order chi connectivity index (χ0) is 16.9. The van der Waals surface area contributed by atoms with Crippen molar-refractivity contribution in [1.82, 2.24) is 15.0 Å². The Kier molecular flexibility index (Phi) is 5.02. The van der Waals surface area contributed by atoms with Gasteiger partial charge in [-0.3, -0.25) is 0 Å². The molecule has 3 heterocycles. The van der Waals surface area contributed by atoms with E-state index < -0.39 is 0 Å². The van der Waals surface area contributed by atoms with E-state index in [-0.39, 0.29) is 6.61 Å². The van der Waals surface area contributed by atoms with Crippen molar-refractivity contribution < 1.29 is 5.11 Å². The van der Waals surface area contributed by atoms with Crippen LogP contribution in [-0.4, -0.2) is 40.3 Å². The SMILES string of the molecule is Cc1ccnc(Nc2cccc(-c3cnc(N(C)CCO)s3)n2)c1. The van der Waals surface area contributed by atoms with Gasteiger partial charge in [-0.2, -0.15) is 0 Å². The zero-order valence-corrected chi connectivity index (χ0v) is 14.4. The van der Waals surface area contributed by atoms with E-state index in [2.05, 4.69) is 20.3 Å². The molecule has 0 spiro atoms. The number of aromatic nitrogens is 3. The van der Waals surface area contributed by atoms with Crippen molar-refractivity contribution in [1.29, 1.82) is 0 Å². The first-order valence-corrected chi connectivity index (χ1v) is 8.42. The van der Waals surface area contributed by atoms with Crippen molar-refractivity contribution in [2.24, 2.45) is 0 Å². The number of thiazole rings is 1. The Balaban J connectivity index is 1.80. The molecule has 0 saturated heterocycles. The van der Waals surface area contributed by atoms with Crippen molar-refractivity contribution in [3.63, 3.8) is 0 Å². The lowest BCUT2D eigenvalue weighted by molar-refractivity contribution is 0.304. The number of aliphatic hydroxyl groups is 1. The van der Waals surface area contributed by atoms with E-state index in [0.717, 1.165) is 32.9 Å². The number of rotatable bonds is 6. The molecule has 2 N–H and O–H groups in total. The molecule has 0 amide bonds. The number of anilines is 3. The van der Waals surface area contributed by atoms with Crippen molar-refractivity contribution >= 4 is 28.1 Å². The zero-order valence-electron chi connectivity index (χ0n) is 13.6. The second-order valence-electron chi connectivity index (χ2n) is 5.40. The predicted molar refractivity (Wildman–Crippen MR) is 98.0 cm³/mol. The highest BCUT2D eigenvalue weighted by Gasteiger charge is 2.10. The molecule has 3 aromatic heterocycles. The summed E-state index contributed by atoms with van der Waals surface area (Å²) in [7, 11) is 1.91. The largest absolute Gasteiger partial charge is 0.395 e. The highest BCUT2D eigenvalue weighted by Crippen LogP contribution is 2.30. The fourth-order valence-corrected chi connectivity index (χ4v) is 3.06. The first-order chi connectivity index (χ1) is 11.7. The molecular formula is C17H19N5OS. The smallest absolute Gasteiger partial charge is 0.185 e. The maximum atomic E-state index is 9.03. The van der Waals surface area contributed by atoms with Crippen molar-refractivity contribution in [2.45, 2.75) is 6.92 Å². The Morgan fingerprint density at radius 2 is 2.08 bits per heavy atom. The van der Waals surface area contributed by atoms with E-state index in [1.807, 2.05) is 55.4 Å². The molecule has 0 fully saturated rings. The Hall–Kier alpha value is -2.51. The number of nitrogens with zero attached hydrogens (tertiary/aromatic N) is 4. The summed E-state index contributed by atoms with van der Waals surface area (Å²) in [6.07, 6.45) is 3.58. The number of nitrogens with one attached hydrogen (secondary N) is 1. The summed E-state index contributed by atoms with van der Waals surface area (Å²) in [4.78, 5) is 16.2. The molecule has 0 aromatic carbocycles. The lowest BCUT2D eigenvalue weighted by Gasteiger charge is -2.12. The molecule has 0 bridgehead atoms. The number of hydrogen-bond donors (Lipinski definition) is 2. The van der Waals surface area contributed by atoms with Crippen LogP contribution < -0.4 is 10.2 Å². The van der Waals surface area contributed by atoms with Gasteiger partial charge in [-0.25, -0.2) is 15.0 Å². The standard InChI is InChI=1S/C17H19N5OS/c1-12-6-7-18-16(10-12)21-15-5-3-4-13(20-15)14-11-19-17(24-14)22(2)8-9-23/h3-7,10-11,23H,8-9H2,1-2H3,(H,18,20,21). The molecule has 0 saturated carbocycles. The van der Waals surface area contributed by atoms with E-state index in [1.54, 1.807) is 17.5 Å². The number of pyridine rings is 2. The number of aliphatic hydroxyl groups excluding tert-OH is 1. The topological polar surface area (TPSA) is 74.2 Å². The lowest BCUT2D eigenvalue weighted by Crippen LogP contribution is -2.20. The van der Waals surface area contributed by atoms with Crippen LogP contribution in [0.2, 0.25) is 0 Å². The summed E-state index contributed by atoms with van der Waals surface area (Å²) in [5, 5.41) is 13.1. The molecule has 0 aliphatic carbocycles. The number of likely N-dealkylation sites (N-methyl/N-ethyl adjacent to an activating group) is 1. The van der Waals surface area contributed by atoms with Gasteiger partial charge in [0.2, 0.25) is 0 Å². The summed E-state index contributed by atoms with van der Waals surface area (Å²) >= 11 is 1.55. The van der Waals surface area contributed by atoms with Crippen LogP contribution in [0, 0.1) is 6.92 Å². The van der Waals surface area contributed by atoms with Gasteiger partial charge in [0.25, 0.3) is 0 Å². The van der Waals surface area contributed by atoms with E-state index in [0.29, 0.717) is 6.54 Å². The highest BCUT2D eigenvalue weighted by atomic mass is 32.1. The predicted octanol–water partition coefficient (Wildman–Crippen LogP) is 3.08. The van der Waals surface area contributed by atoms with Crippen molar-refractivity contribution in [3.8, 4) is 10.6 Å². The average molecular weight is 341 g/mol. The number of aryl methyl sites for hydroxylation is 1. The van der Waals surface area contributed by atoms with Crippen LogP contribution in [0.1, 0.15) is 5.56 Å². The Morgan fingerprint density at radius 3 is 2.88 bits per heavy atom. The fraction of sp³-hybridized carbons (Fsp3) is 0.235. The van der Waals surface area contributed by atoms with Gasteiger partial charge in [-0.1, -0.05) is 17.4 Å². The van der Waals surface area contributed by atoms with E-state index >= 15 is 0 Å². The first-order valence-electron chi connectivity index (χ1n) is 7.60. The van der Waals surface area contributed by atoms with Crippen LogP contribution in [0.25, 0.3) is 10.6 Å². The van der Waals surface area contributed by atoms with Gasteiger partial charge in [-0.15, -0.1) is 0 Å². The highest BCUT2D eigenvalue weighted by molar-refractivity contribution is 7.18. The molecule has 0 aliphatic rings. The van der Waals surface area contributed by atoms with Crippen LogP contribution in [0.15, 0.2) is 42.7 Å². The normalized spacial score (nSPS) is 10.6. The van der Waals surface area contributed by atoms with Gasteiger partial charge < -0.3 is 15.3 Å². The molecule has 0 unspecified atom stereocenters. The van der Waals surface area contributed by atoms with Crippen LogP contribution in [0.5, 0.6) is 0 Å². The van der Waals surface area contributed by atoms with E-state index in [1.165, 1.54) is 0 Å². The summed E-state index contributed by atoms with van der Waals surface area (Å²) < 4.78 is 0. The first kappa shape index (κ1) is 16.4. The Bertz CT molecular complexity index is 820. The van der Waals surface area contributed by atoms with Crippen LogP contribution >= 0.6 is 11.3 Å². The summed E-state index contributed by atoms with van der Waals surface area (Å²) in [5.74, 6) is 1.51. The maximum Gasteiger partial charge on any atom is 0.185 e. The van der Waals surface area contributed by atoms with Crippen molar-refractivity contribution in [2.75, 3.05) is 30.4 Å². The minimum atomic E-state index is 0.104. The van der Waals surface area contributed by atoms with Gasteiger partial charge in [0.15, 0.2) is 5.13 Å². The Labute approximate surface area is 144 Å². The third kappa shape index (κ3) is 3.87. The molecule has 7 heteroatoms. The van der Waals surface area contributed by atoms with E-state index in [9.17, 15) is 0 Å². The molecule has 0 aliphatic heterocycles. The molecule has 3 rings (SSSR count). The quantitative estimate of drug-likeness (QED) is 0.718. The Morgan fingerprint density at radius 1 is 1.21 bits per heavy atom. The second-order valence-corrected chi connectivity index (χ2v) is 6.41. The van der Waals surface area contributed by atoms with Crippen LogP contribution in [0.3, 0.4) is 0 Å². The third-order valence-corrected chi connectivity index (χ3v) is 4.56. The van der Waals surface area contributed by atoms with Gasteiger partial charge in [-0.05, 0) is 36.8 Å². The molecule has 0 atom stereocenters. The van der Waals surface area contributed by atoms with Crippen molar-refractivity contribution in [3.05, 3.63) is 48.3 Å². The van der Waals surface area contributed by atoms with Crippen LogP contribution in [0.4, 0.5) is 16.8 Å². The molecule has 124 valence electrons. The maximum absolute atomic E-state index is 9.03. The lowest BCUT2D eigenvalue weighted by atomic mass is 10.3. The third-order valence-electron chi connectivity index (χ3n) is 3.43. The van der Waals surface area contributed by atoms with E-state index in [4.69, 9.17) is 5.11 Å². The number of hydrogen-bond acceptors (Lipinski definition) is 7. The summed E-state index contributed by atoms with van der Waals surface area (Å²) in [6.45, 7) is 2.69. The van der Waals surface area contributed by atoms with Gasteiger partial charge >= 0.3 is 0 Å². The fourth-order valence-electron chi connectivity index (χ4n) is 2.18. The monoisotopic (exact) mass is 341 g/mol. The molecule has 0 radical (unpaired) electrons. The average Bonchev–Trinajstić information content (AvgIpc) is 3.05. The summed E-state index contributed by atoms with van der Waals surface area (Å²) in [5.41, 5.74) is 2.00. The minimum Gasteiger partial charge on any atom is -0.395 e. The van der Waals surface area contributed by atoms with Gasteiger partial charge in [0.05, 0.1) is 17.2 Å². The summed E-state index contributed by atoms with van der Waals surface area (Å²) in [6, 6.07) is 9.75. The molecule has 24 heavy (non-hydrogen) atoms. The molecular weight excluding hydrogens is 322 g/mol.